The van der Waals surface area contributed by atoms with Gasteiger partial charge in [0.1, 0.15) is 0 Å². The number of carbonyl (C=O) groups is 1. The second-order valence-corrected chi connectivity index (χ2v) is 6.39. The first-order chi connectivity index (χ1) is 11.1. The number of urea groups is 1. The van der Waals surface area contributed by atoms with E-state index in [4.69, 9.17) is 11.6 Å². The normalized spacial score (nSPS) is 10.3. The smallest absolute Gasteiger partial charge is 0.308 e. The SMILES string of the molecule is Cc1nc(-c2ccccc2NC(=O)Nc2cccc(Cl)c2)cs1. The molecule has 0 spiro atoms. The van der Waals surface area contributed by atoms with Gasteiger partial charge in [0, 0.05) is 21.7 Å². The van der Waals surface area contributed by atoms with Crippen LogP contribution in [0.25, 0.3) is 11.3 Å². The Morgan fingerprint density at radius 3 is 2.70 bits per heavy atom. The summed E-state index contributed by atoms with van der Waals surface area (Å²) in [5.74, 6) is 0. The minimum Gasteiger partial charge on any atom is -0.308 e. The molecule has 0 unspecified atom stereocenters. The number of aryl methyl sites for hydroxylation is 1. The Balaban J connectivity index is 1.79. The van der Waals surface area contributed by atoms with Crippen molar-refractivity contribution in [3.05, 3.63) is 63.9 Å². The molecule has 4 nitrogen and oxygen atoms in total. The number of nitrogens with one attached hydrogen (secondary N) is 2. The molecular weight excluding hydrogens is 330 g/mol. The number of para-hydroxylation sites is 1. The molecule has 2 N–H and O–H groups in total. The summed E-state index contributed by atoms with van der Waals surface area (Å²) in [5, 5.41) is 9.15. The molecule has 3 aromatic rings. The van der Waals surface area contributed by atoms with E-state index in [2.05, 4.69) is 15.6 Å². The maximum atomic E-state index is 12.2. The second-order valence-electron chi connectivity index (χ2n) is 4.89. The number of hydrogen-bond acceptors (Lipinski definition) is 3. The third kappa shape index (κ3) is 3.88. The van der Waals surface area contributed by atoms with Gasteiger partial charge in [0.25, 0.3) is 0 Å². The Morgan fingerprint density at radius 1 is 1.13 bits per heavy atom. The molecule has 1 aromatic heterocycles. The summed E-state index contributed by atoms with van der Waals surface area (Å²) in [6.45, 7) is 1.95. The largest absolute Gasteiger partial charge is 0.323 e. The molecule has 0 aliphatic carbocycles. The van der Waals surface area contributed by atoms with E-state index < -0.39 is 0 Å². The first-order valence-corrected chi connectivity index (χ1v) is 8.23. The van der Waals surface area contributed by atoms with Gasteiger partial charge in [-0.05, 0) is 31.2 Å². The quantitative estimate of drug-likeness (QED) is 0.667. The van der Waals surface area contributed by atoms with Crippen LogP contribution in [0, 0.1) is 6.92 Å². The van der Waals surface area contributed by atoms with Gasteiger partial charge in [-0.25, -0.2) is 9.78 Å². The number of halogens is 1. The zero-order chi connectivity index (χ0) is 16.2. The van der Waals surface area contributed by atoms with Crippen LogP contribution in [0.15, 0.2) is 53.9 Å². The predicted molar refractivity (Wildman–Crippen MR) is 96.4 cm³/mol. The van der Waals surface area contributed by atoms with Gasteiger partial charge in [-0.15, -0.1) is 11.3 Å². The van der Waals surface area contributed by atoms with Crippen LogP contribution in [-0.4, -0.2) is 11.0 Å². The van der Waals surface area contributed by atoms with E-state index in [0.717, 1.165) is 16.3 Å². The Kier molecular flexibility index (Phi) is 4.60. The average molecular weight is 344 g/mol. The van der Waals surface area contributed by atoms with Gasteiger partial charge in [-0.2, -0.15) is 0 Å². The van der Waals surface area contributed by atoms with E-state index >= 15 is 0 Å². The highest BCUT2D eigenvalue weighted by Crippen LogP contribution is 2.28. The molecule has 0 fully saturated rings. The van der Waals surface area contributed by atoms with Crippen molar-refractivity contribution < 1.29 is 4.79 Å². The van der Waals surface area contributed by atoms with E-state index in [1.807, 2.05) is 36.6 Å². The van der Waals surface area contributed by atoms with E-state index in [1.54, 1.807) is 35.6 Å². The van der Waals surface area contributed by atoms with Gasteiger partial charge in [0.05, 0.1) is 16.4 Å². The zero-order valence-electron chi connectivity index (χ0n) is 12.3. The first kappa shape index (κ1) is 15.5. The van der Waals surface area contributed by atoms with Gasteiger partial charge in [-0.1, -0.05) is 35.9 Å². The topological polar surface area (TPSA) is 54.0 Å². The molecule has 6 heteroatoms. The molecule has 2 amide bonds. The van der Waals surface area contributed by atoms with Crippen molar-refractivity contribution in [1.29, 1.82) is 0 Å². The van der Waals surface area contributed by atoms with Crippen LogP contribution in [0.4, 0.5) is 16.2 Å². The first-order valence-electron chi connectivity index (χ1n) is 6.97. The minimum atomic E-state index is -0.327. The van der Waals surface area contributed by atoms with Crippen molar-refractivity contribution >= 4 is 40.3 Å². The Bertz CT molecular complexity index is 847. The summed E-state index contributed by atoms with van der Waals surface area (Å²) < 4.78 is 0. The molecule has 0 aliphatic heterocycles. The number of thiazole rings is 1. The molecule has 2 aromatic carbocycles. The lowest BCUT2D eigenvalue weighted by Gasteiger charge is -2.11. The lowest BCUT2D eigenvalue weighted by Crippen LogP contribution is -2.19. The maximum absolute atomic E-state index is 12.2. The molecule has 0 bridgehead atoms. The van der Waals surface area contributed by atoms with Gasteiger partial charge in [0.2, 0.25) is 0 Å². The lowest BCUT2D eigenvalue weighted by molar-refractivity contribution is 0.262. The van der Waals surface area contributed by atoms with E-state index in [1.165, 1.54) is 0 Å². The van der Waals surface area contributed by atoms with Crippen molar-refractivity contribution in [2.45, 2.75) is 6.92 Å². The number of rotatable bonds is 3. The molecular formula is C17H14ClN3OS. The van der Waals surface area contributed by atoms with Crippen molar-refractivity contribution in [2.75, 3.05) is 10.6 Å². The summed E-state index contributed by atoms with van der Waals surface area (Å²) in [7, 11) is 0. The van der Waals surface area contributed by atoms with Crippen LogP contribution in [-0.2, 0) is 0 Å². The van der Waals surface area contributed by atoms with E-state index in [-0.39, 0.29) is 6.03 Å². The van der Waals surface area contributed by atoms with Crippen LogP contribution >= 0.6 is 22.9 Å². The highest BCUT2D eigenvalue weighted by Gasteiger charge is 2.10. The number of aromatic nitrogens is 1. The molecule has 116 valence electrons. The van der Waals surface area contributed by atoms with Gasteiger partial charge >= 0.3 is 6.03 Å². The van der Waals surface area contributed by atoms with E-state index in [0.29, 0.717) is 16.4 Å². The van der Waals surface area contributed by atoms with Gasteiger partial charge < -0.3 is 10.6 Å². The van der Waals surface area contributed by atoms with Crippen LogP contribution in [0.5, 0.6) is 0 Å². The number of anilines is 2. The molecule has 0 saturated heterocycles. The summed E-state index contributed by atoms with van der Waals surface area (Å²) in [4.78, 5) is 16.7. The Morgan fingerprint density at radius 2 is 1.96 bits per heavy atom. The second kappa shape index (κ2) is 6.81. The summed E-state index contributed by atoms with van der Waals surface area (Å²) in [6.07, 6.45) is 0. The zero-order valence-corrected chi connectivity index (χ0v) is 13.9. The molecule has 0 saturated carbocycles. The minimum absolute atomic E-state index is 0.327. The van der Waals surface area contributed by atoms with Crippen LogP contribution in [0.3, 0.4) is 0 Å². The van der Waals surface area contributed by atoms with E-state index in [9.17, 15) is 4.79 Å². The third-order valence-electron chi connectivity index (χ3n) is 3.15. The number of carbonyl (C=O) groups excluding carboxylic acids is 1. The van der Waals surface area contributed by atoms with Crippen LogP contribution < -0.4 is 10.6 Å². The summed E-state index contributed by atoms with van der Waals surface area (Å²) >= 11 is 7.49. The van der Waals surface area contributed by atoms with Crippen molar-refractivity contribution in [2.24, 2.45) is 0 Å². The van der Waals surface area contributed by atoms with Crippen molar-refractivity contribution in [1.82, 2.24) is 4.98 Å². The van der Waals surface area contributed by atoms with Crippen LogP contribution in [0.1, 0.15) is 5.01 Å². The van der Waals surface area contributed by atoms with Crippen molar-refractivity contribution in [3.63, 3.8) is 0 Å². The fourth-order valence-electron chi connectivity index (χ4n) is 2.15. The fraction of sp³-hybridized carbons (Fsp3) is 0.0588. The van der Waals surface area contributed by atoms with Crippen LogP contribution in [0.2, 0.25) is 5.02 Å². The molecule has 0 atom stereocenters. The van der Waals surface area contributed by atoms with Gasteiger partial charge in [-0.3, -0.25) is 0 Å². The highest BCUT2D eigenvalue weighted by molar-refractivity contribution is 7.09. The highest BCUT2D eigenvalue weighted by atomic mass is 35.5. The lowest BCUT2D eigenvalue weighted by atomic mass is 10.1. The molecule has 0 aliphatic rings. The summed E-state index contributed by atoms with van der Waals surface area (Å²) in [6, 6.07) is 14.3. The number of nitrogens with zero attached hydrogens (tertiary/aromatic N) is 1. The Labute approximate surface area is 143 Å². The fourth-order valence-corrected chi connectivity index (χ4v) is 2.96. The van der Waals surface area contributed by atoms with Gasteiger partial charge in [0.15, 0.2) is 0 Å². The predicted octanol–water partition coefficient (Wildman–Crippen LogP) is 5.42. The van der Waals surface area contributed by atoms with Crippen molar-refractivity contribution in [3.8, 4) is 11.3 Å². The maximum Gasteiger partial charge on any atom is 0.323 e. The molecule has 23 heavy (non-hydrogen) atoms. The third-order valence-corrected chi connectivity index (χ3v) is 4.16. The molecule has 0 radical (unpaired) electrons. The molecule has 1 heterocycles. The standard InChI is InChI=1S/C17H14ClN3OS/c1-11-19-16(10-23-11)14-7-2-3-8-15(14)21-17(22)20-13-6-4-5-12(18)9-13/h2-10H,1H3,(H2,20,21,22). The summed E-state index contributed by atoms with van der Waals surface area (Å²) in [5.41, 5.74) is 3.08. The molecule has 3 rings (SSSR count). The number of amides is 2. The monoisotopic (exact) mass is 343 g/mol. The Hall–Kier alpha value is -2.37. The number of hydrogen-bond donors (Lipinski definition) is 2. The average Bonchev–Trinajstić information content (AvgIpc) is 2.94. The number of benzene rings is 2.